The highest BCUT2D eigenvalue weighted by molar-refractivity contribution is 9.10. The fourth-order valence-electron chi connectivity index (χ4n) is 6.85. The number of nitrogens with one attached hydrogen (secondary N) is 2. The number of carbonyl (C=O) groups excluding carboxylic acids is 1. The fourth-order valence-corrected chi connectivity index (χ4v) is 7.08. The van der Waals surface area contributed by atoms with E-state index in [0.717, 1.165) is 32.4 Å². The predicted molar refractivity (Wildman–Crippen MR) is 110 cm³/mol. The third-order valence-corrected chi connectivity index (χ3v) is 8.25. The van der Waals surface area contributed by atoms with Crippen molar-refractivity contribution >= 4 is 45.9 Å². The van der Waals surface area contributed by atoms with E-state index in [1.165, 1.54) is 6.42 Å². The van der Waals surface area contributed by atoms with E-state index in [4.69, 9.17) is 0 Å². The third kappa shape index (κ3) is 2.89. The molecular weight excluding hydrogens is 446 g/mol. The van der Waals surface area contributed by atoms with Crippen LogP contribution in [0.4, 0.5) is 5.69 Å². The van der Waals surface area contributed by atoms with Gasteiger partial charge in [-0.05, 0) is 95.9 Å². The van der Waals surface area contributed by atoms with Crippen LogP contribution in [-0.2, 0) is 9.59 Å². The molecular formula is C20H25BrClN3O3. The van der Waals surface area contributed by atoms with E-state index >= 15 is 0 Å². The Morgan fingerprint density at radius 1 is 1.18 bits per heavy atom. The van der Waals surface area contributed by atoms with Gasteiger partial charge in [-0.1, -0.05) is 0 Å². The molecule has 0 aromatic carbocycles. The summed E-state index contributed by atoms with van der Waals surface area (Å²) in [5.41, 5.74) is 0.719. The maximum Gasteiger partial charge on any atom is 0.307 e. The monoisotopic (exact) mass is 469 g/mol. The molecule has 5 rings (SSSR count). The van der Waals surface area contributed by atoms with E-state index in [1.807, 2.05) is 0 Å². The zero-order chi connectivity index (χ0) is 18.8. The first kappa shape index (κ1) is 20.1. The van der Waals surface area contributed by atoms with Crippen LogP contribution >= 0.6 is 28.3 Å². The highest BCUT2D eigenvalue weighted by Crippen LogP contribution is 2.79. The lowest BCUT2D eigenvalue weighted by Crippen LogP contribution is -2.37. The predicted octanol–water partition coefficient (Wildman–Crippen LogP) is 3.18. The molecule has 3 saturated carbocycles. The molecule has 4 aliphatic rings. The summed E-state index contributed by atoms with van der Waals surface area (Å²) < 4.78 is 0.703. The average Bonchev–Trinajstić information content (AvgIpc) is 2.96. The lowest BCUT2D eigenvalue weighted by atomic mass is 9.78. The van der Waals surface area contributed by atoms with Crippen molar-refractivity contribution < 1.29 is 14.7 Å². The zero-order valence-corrected chi connectivity index (χ0v) is 17.8. The number of aromatic nitrogens is 1. The minimum Gasteiger partial charge on any atom is -0.481 e. The molecule has 1 spiro atoms. The van der Waals surface area contributed by atoms with Crippen molar-refractivity contribution in [2.24, 2.45) is 40.9 Å². The number of carbonyl (C=O) groups is 2. The molecule has 152 valence electrons. The largest absolute Gasteiger partial charge is 0.481 e. The topological polar surface area (TPSA) is 91.3 Å². The van der Waals surface area contributed by atoms with Crippen LogP contribution in [0.3, 0.4) is 0 Å². The highest BCUT2D eigenvalue weighted by atomic mass is 79.9. The maximum atomic E-state index is 13.1. The number of nitrogens with zero attached hydrogens (tertiary/aromatic N) is 1. The number of carboxylic acids is 1. The number of halogens is 2. The first-order valence-corrected chi connectivity index (χ1v) is 10.7. The maximum absolute atomic E-state index is 13.1. The summed E-state index contributed by atoms with van der Waals surface area (Å²) in [6.07, 6.45) is 5.85. The zero-order valence-electron chi connectivity index (χ0n) is 15.4. The number of hydrogen-bond acceptors (Lipinski definition) is 4. The van der Waals surface area contributed by atoms with E-state index in [1.54, 1.807) is 18.3 Å². The summed E-state index contributed by atoms with van der Waals surface area (Å²) in [5, 5.41) is 16.3. The third-order valence-electron chi connectivity index (χ3n) is 7.78. The van der Waals surface area contributed by atoms with Gasteiger partial charge in [-0.15, -0.1) is 12.4 Å². The lowest BCUT2D eigenvalue weighted by Gasteiger charge is -2.26. The second-order valence-corrected chi connectivity index (χ2v) is 9.53. The normalized spacial score (nSPS) is 40.3. The van der Waals surface area contributed by atoms with E-state index in [2.05, 4.69) is 31.5 Å². The van der Waals surface area contributed by atoms with Gasteiger partial charge < -0.3 is 15.7 Å². The van der Waals surface area contributed by atoms with Crippen LogP contribution in [-0.4, -0.2) is 35.1 Å². The lowest BCUT2D eigenvalue weighted by molar-refractivity contribution is -0.148. The van der Waals surface area contributed by atoms with Crippen molar-refractivity contribution in [1.29, 1.82) is 0 Å². The van der Waals surface area contributed by atoms with E-state index in [9.17, 15) is 14.7 Å². The van der Waals surface area contributed by atoms with Crippen molar-refractivity contribution in [3.8, 4) is 0 Å². The van der Waals surface area contributed by atoms with E-state index in [0.29, 0.717) is 22.1 Å². The molecule has 1 aromatic rings. The summed E-state index contributed by atoms with van der Waals surface area (Å²) >= 11 is 3.29. The Morgan fingerprint density at radius 2 is 1.93 bits per heavy atom. The van der Waals surface area contributed by atoms with E-state index in [-0.39, 0.29) is 35.6 Å². The molecule has 4 fully saturated rings. The summed E-state index contributed by atoms with van der Waals surface area (Å²) in [6.45, 7) is 2.11. The van der Waals surface area contributed by atoms with Crippen LogP contribution in [0.5, 0.6) is 0 Å². The number of amides is 1. The van der Waals surface area contributed by atoms with E-state index < -0.39 is 17.8 Å². The highest BCUT2D eigenvalue weighted by Gasteiger charge is 2.77. The Bertz CT molecular complexity index is 785. The minimum atomic E-state index is -0.800. The number of anilines is 1. The van der Waals surface area contributed by atoms with Crippen LogP contribution in [0.2, 0.25) is 0 Å². The van der Waals surface area contributed by atoms with Gasteiger partial charge in [0.2, 0.25) is 5.91 Å². The molecule has 7 atom stereocenters. The molecule has 2 heterocycles. The Hall–Kier alpha value is -1.18. The second kappa shape index (κ2) is 7.26. The SMILES string of the molecule is Cl.O=C(O)[C@H]1[C@H](C(=O)Nc2ccc(Br)nc2)[C@@H]2CC[C@H]1[C@@]21CC1C1CCNC1. The summed E-state index contributed by atoms with van der Waals surface area (Å²) in [5.74, 6) is -0.309. The molecule has 1 amide bonds. The summed E-state index contributed by atoms with van der Waals surface area (Å²) in [7, 11) is 0. The van der Waals surface area contributed by atoms with Crippen molar-refractivity contribution in [2.45, 2.75) is 25.7 Å². The number of hydrogen-bond donors (Lipinski definition) is 3. The van der Waals surface area contributed by atoms with Gasteiger partial charge in [0.25, 0.3) is 0 Å². The minimum absolute atomic E-state index is 0. The van der Waals surface area contributed by atoms with Gasteiger partial charge >= 0.3 is 5.97 Å². The molecule has 1 saturated heterocycles. The standard InChI is InChI=1S/C20H24BrN3O3.ClH/c21-15-4-1-11(9-23-15)24-18(25)16-12-2-3-13(17(16)19(26)27)20(12)7-14(20)10-5-6-22-8-10;/h1,4,9-10,12-14,16-17,22H,2-3,5-8H2,(H,24,25)(H,26,27);1H/t10?,12-,13+,14?,16+,17+,20+;/m0./s1. The quantitative estimate of drug-likeness (QED) is 0.588. The van der Waals surface area contributed by atoms with Gasteiger partial charge in [-0.25, -0.2) is 4.98 Å². The Morgan fingerprint density at radius 3 is 2.54 bits per heavy atom. The van der Waals surface area contributed by atoms with Crippen LogP contribution in [0, 0.1) is 40.9 Å². The van der Waals surface area contributed by atoms with Gasteiger partial charge in [-0.2, -0.15) is 0 Å². The number of aliphatic carboxylic acids is 1. The van der Waals surface area contributed by atoms with Crippen LogP contribution in [0.15, 0.2) is 22.9 Å². The smallest absolute Gasteiger partial charge is 0.307 e. The van der Waals surface area contributed by atoms with Gasteiger partial charge in [-0.3, -0.25) is 9.59 Å². The first-order chi connectivity index (χ1) is 13.0. The Balaban J connectivity index is 0.00000192. The van der Waals surface area contributed by atoms with Gasteiger partial charge in [0.1, 0.15) is 4.60 Å². The number of pyridine rings is 1. The molecule has 1 aromatic heterocycles. The van der Waals surface area contributed by atoms with Gasteiger partial charge in [0.05, 0.1) is 23.7 Å². The van der Waals surface area contributed by atoms with Crippen LogP contribution in [0.25, 0.3) is 0 Å². The number of carboxylic acid groups (broad SMARTS) is 1. The Labute approximate surface area is 178 Å². The molecule has 2 bridgehead atoms. The van der Waals surface area contributed by atoms with Crippen LogP contribution < -0.4 is 10.6 Å². The molecule has 8 heteroatoms. The van der Waals surface area contributed by atoms with Gasteiger partial charge in [0, 0.05) is 0 Å². The summed E-state index contributed by atoms with van der Waals surface area (Å²) in [6, 6.07) is 3.56. The van der Waals surface area contributed by atoms with Crippen molar-refractivity contribution in [3.63, 3.8) is 0 Å². The fraction of sp³-hybridized carbons (Fsp3) is 0.650. The molecule has 2 unspecified atom stereocenters. The Kier molecular flexibility index (Phi) is 5.21. The van der Waals surface area contributed by atoms with Crippen molar-refractivity contribution in [2.75, 3.05) is 18.4 Å². The molecule has 28 heavy (non-hydrogen) atoms. The molecule has 3 N–H and O–H groups in total. The average molecular weight is 471 g/mol. The summed E-state index contributed by atoms with van der Waals surface area (Å²) in [4.78, 5) is 29.4. The second-order valence-electron chi connectivity index (χ2n) is 8.71. The van der Waals surface area contributed by atoms with Gasteiger partial charge in [0.15, 0.2) is 0 Å². The first-order valence-electron chi connectivity index (χ1n) is 9.88. The molecule has 1 aliphatic heterocycles. The van der Waals surface area contributed by atoms with Crippen molar-refractivity contribution in [1.82, 2.24) is 10.3 Å². The molecule has 3 aliphatic carbocycles. The van der Waals surface area contributed by atoms with Crippen LogP contribution in [0.1, 0.15) is 25.7 Å². The van der Waals surface area contributed by atoms with Crippen molar-refractivity contribution in [3.05, 3.63) is 22.9 Å². The number of rotatable bonds is 4. The molecule has 6 nitrogen and oxygen atoms in total. The molecule has 0 radical (unpaired) electrons.